The van der Waals surface area contributed by atoms with Crippen LogP contribution in [0.15, 0.2) is 35.7 Å². The Morgan fingerprint density at radius 3 is 2.75 bits per heavy atom. The van der Waals surface area contributed by atoms with Crippen molar-refractivity contribution < 1.29 is 0 Å². The van der Waals surface area contributed by atoms with Gasteiger partial charge in [-0.1, -0.05) is 18.2 Å². The molecule has 0 atom stereocenters. The molecule has 0 aliphatic rings. The number of aryl methyl sites for hydroxylation is 1. The fourth-order valence-corrected chi connectivity index (χ4v) is 2.72. The summed E-state index contributed by atoms with van der Waals surface area (Å²) in [5, 5.41) is 9.65. The summed E-state index contributed by atoms with van der Waals surface area (Å²) in [7, 11) is 0. The number of thiophene rings is 1. The van der Waals surface area contributed by atoms with E-state index in [2.05, 4.69) is 42.6 Å². The Morgan fingerprint density at radius 1 is 1.31 bits per heavy atom. The summed E-state index contributed by atoms with van der Waals surface area (Å²) in [6, 6.07) is 10.6. The molecule has 0 saturated carbocycles. The van der Waals surface area contributed by atoms with Gasteiger partial charge in [-0.15, -0.1) is 11.3 Å². The average molecular weight is 229 g/mol. The predicted molar refractivity (Wildman–Crippen MR) is 71.6 cm³/mol. The summed E-state index contributed by atoms with van der Waals surface area (Å²) in [5.41, 5.74) is 4.53. The van der Waals surface area contributed by atoms with Crippen LogP contribution in [0.1, 0.15) is 18.1 Å². The van der Waals surface area contributed by atoms with E-state index in [0.717, 1.165) is 6.42 Å². The quantitative estimate of drug-likeness (QED) is 0.758. The van der Waals surface area contributed by atoms with Crippen LogP contribution in [0.25, 0.3) is 10.4 Å². The highest BCUT2D eigenvalue weighted by Gasteiger charge is 2.04. The van der Waals surface area contributed by atoms with Gasteiger partial charge in [0.05, 0.1) is 0 Å². The van der Waals surface area contributed by atoms with Crippen molar-refractivity contribution in [3.05, 3.63) is 46.8 Å². The molecule has 0 aliphatic carbocycles. The third-order valence-corrected chi connectivity index (χ3v) is 3.59. The van der Waals surface area contributed by atoms with E-state index in [4.69, 9.17) is 5.41 Å². The van der Waals surface area contributed by atoms with Gasteiger partial charge in [0, 0.05) is 17.0 Å². The van der Waals surface area contributed by atoms with Crippen molar-refractivity contribution in [3.63, 3.8) is 0 Å². The van der Waals surface area contributed by atoms with Crippen LogP contribution in [0.4, 0.5) is 0 Å². The van der Waals surface area contributed by atoms with Crippen molar-refractivity contribution in [1.29, 1.82) is 5.41 Å². The van der Waals surface area contributed by atoms with Crippen LogP contribution in [-0.4, -0.2) is 5.71 Å². The lowest BCUT2D eigenvalue weighted by molar-refractivity contribution is 1.27. The van der Waals surface area contributed by atoms with Crippen molar-refractivity contribution in [3.8, 4) is 10.4 Å². The first-order valence-corrected chi connectivity index (χ1v) is 6.22. The standard InChI is InChI=1S/C14H15NS/c1-10-6-7-16-14(10)13-5-3-4-12(9-13)8-11(2)15/h3-7,9,15H,8H2,1-2H3. The van der Waals surface area contributed by atoms with E-state index in [1.54, 1.807) is 11.3 Å². The number of hydrogen-bond donors (Lipinski definition) is 1. The molecule has 0 saturated heterocycles. The second kappa shape index (κ2) is 4.62. The van der Waals surface area contributed by atoms with Gasteiger partial charge in [-0.05, 0) is 48.1 Å². The number of hydrogen-bond acceptors (Lipinski definition) is 2. The van der Waals surface area contributed by atoms with E-state index in [9.17, 15) is 0 Å². The molecule has 1 aromatic heterocycles. The number of nitrogens with one attached hydrogen (secondary N) is 1. The van der Waals surface area contributed by atoms with Crippen LogP contribution in [0.5, 0.6) is 0 Å². The Hall–Kier alpha value is -1.41. The minimum absolute atomic E-state index is 0.708. The fraction of sp³-hybridized carbons (Fsp3) is 0.214. The Labute approximate surface area is 100 Å². The van der Waals surface area contributed by atoms with Crippen molar-refractivity contribution in [2.24, 2.45) is 0 Å². The molecule has 1 N–H and O–H groups in total. The Bertz CT molecular complexity index is 511. The van der Waals surface area contributed by atoms with Gasteiger partial charge in [0.1, 0.15) is 0 Å². The minimum Gasteiger partial charge on any atom is -0.310 e. The van der Waals surface area contributed by atoms with Crippen molar-refractivity contribution in [1.82, 2.24) is 0 Å². The van der Waals surface area contributed by atoms with Gasteiger partial charge in [0.2, 0.25) is 0 Å². The van der Waals surface area contributed by atoms with E-state index in [0.29, 0.717) is 5.71 Å². The van der Waals surface area contributed by atoms with Crippen LogP contribution < -0.4 is 0 Å². The summed E-state index contributed by atoms with van der Waals surface area (Å²) in [6.45, 7) is 3.99. The van der Waals surface area contributed by atoms with Gasteiger partial charge in [-0.25, -0.2) is 0 Å². The Morgan fingerprint density at radius 2 is 2.12 bits per heavy atom. The van der Waals surface area contributed by atoms with Gasteiger partial charge in [-0.3, -0.25) is 0 Å². The summed E-state index contributed by atoms with van der Waals surface area (Å²) < 4.78 is 0. The normalized spacial score (nSPS) is 10.4. The molecule has 0 amide bonds. The van der Waals surface area contributed by atoms with Crippen LogP contribution in [0, 0.1) is 12.3 Å². The lowest BCUT2D eigenvalue weighted by Gasteiger charge is -2.04. The highest BCUT2D eigenvalue weighted by molar-refractivity contribution is 7.13. The van der Waals surface area contributed by atoms with E-state index in [1.807, 2.05) is 6.92 Å². The van der Waals surface area contributed by atoms with Crippen molar-refractivity contribution in [2.45, 2.75) is 20.3 Å². The lowest BCUT2D eigenvalue weighted by atomic mass is 10.0. The van der Waals surface area contributed by atoms with Crippen LogP contribution in [-0.2, 0) is 6.42 Å². The Balaban J connectivity index is 2.36. The molecular formula is C14H15NS. The highest BCUT2D eigenvalue weighted by atomic mass is 32.1. The fourth-order valence-electron chi connectivity index (χ4n) is 1.80. The summed E-state index contributed by atoms with van der Waals surface area (Å²) >= 11 is 1.78. The third-order valence-electron chi connectivity index (χ3n) is 2.52. The predicted octanol–water partition coefficient (Wildman–Crippen LogP) is 4.31. The first-order chi connectivity index (χ1) is 7.66. The smallest absolute Gasteiger partial charge is 0.0371 e. The molecule has 2 rings (SSSR count). The molecule has 0 radical (unpaired) electrons. The zero-order chi connectivity index (χ0) is 11.5. The van der Waals surface area contributed by atoms with Gasteiger partial charge in [0.15, 0.2) is 0 Å². The maximum absolute atomic E-state index is 7.52. The number of rotatable bonds is 3. The average Bonchev–Trinajstić information content (AvgIpc) is 2.64. The van der Waals surface area contributed by atoms with Crippen molar-refractivity contribution >= 4 is 17.0 Å². The van der Waals surface area contributed by atoms with Gasteiger partial charge < -0.3 is 5.41 Å². The van der Waals surface area contributed by atoms with Gasteiger partial charge in [-0.2, -0.15) is 0 Å². The minimum atomic E-state index is 0.708. The molecule has 1 aromatic carbocycles. The molecule has 1 heterocycles. The molecule has 0 spiro atoms. The van der Waals surface area contributed by atoms with Crippen LogP contribution in [0.3, 0.4) is 0 Å². The molecule has 0 aliphatic heterocycles. The lowest BCUT2D eigenvalue weighted by Crippen LogP contribution is -1.94. The second-order valence-electron chi connectivity index (χ2n) is 4.09. The zero-order valence-electron chi connectivity index (χ0n) is 9.58. The Kier molecular flexibility index (Phi) is 3.20. The number of benzene rings is 1. The van der Waals surface area contributed by atoms with Crippen LogP contribution >= 0.6 is 11.3 Å². The maximum Gasteiger partial charge on any atom is 0.0371 e. The first kappa shape index (κ1) is 11.1. The highest BCUT2D eigenvalue weighted by Crippen LogP contribution is 2.29. The largest absolute Gasteiger partial charge is 0.310 e. The van der Waals surface area contributed by atoms with E-state index < -0.39 is 0 Å². The molecule has 0 bridgehead atoms. The van der Waals surface area contributed by atoms with Gasteiger partial charge in [0.25, 0.3) is 0 Å². The second-order valence-corrected chi connectivity index (χ2v) is 5.01. The van der Waals surface area contributed by atoms with Gasteiger partial charge >= 0.3 is 0 Å². The topological polar surface area (TPSA) is 23.9 Å². The molecule has 1 nitrogen and oxygen atoms in total. The van der Waals surface area contributed by atoms with Crippen molar-refractivity contribution in [2.75, 3.05) is 0 Å². The summed E-state index contributed by atoms with van der Waals surface area (Å²) in [4.78, 5) is 1.34. The summed E-state index contributed by atoms with van der Waals surface area (Å²) in [5.74, 6) is 0. The molecule has 0 fully saturated rings. The molecule has 2 aromatic rings. The monoisotopic (exact) mass is 229 g/mol. The van der Waals surface area contributed by atoms with Crippen LogP contribution in [0.2, 0.25) is 0 Å². The molecule has 2 heteroatoms. The maximum atomic E-state index is 7.52. The SMILES string of the molecule is CC(=N)Cc1cccc(-c2sccc2C)c1. The molecule has 0 unspecified atom stereocenters. The zero-order valence-corrected chi connectivity index (χ0v) is 10.4. The van der Waals surface area contributed by atoms with E-state index in [-0.39, 0.29) is 0 Å². The summed E-state index contributed by atoms with van der Waals surface area (Å²) in [6.07, 6.45) is 0.748. The third kappa shape index (κ3) is 2.39. The molecular weight excluding hydrogens is 214 g/mol. The first-order valence-electron chi connectivity index (χ1n) is 5.34. The van der Waals surface area contributed by atoms with E-state index in [1.165, 1.54) is 21.6 Å². The molecule has 16 heavy (non-hydrogen) atoms. The molecule has 82 valence electrons. The van der Waals surface area contributed by atoms with E-state index >= 15 is 0 Å².